The summed E-state index contributed by atoms with van der Waals surface area (Å²) in [6.45, 7) is 0. The number of hydrogen-bond acceptors (Lipinski definition) is 4. The fourth-order valence-corrected chi connectivity index (χ4v) is 6.41. The largest absolute Gasteiger partial charge is 0.455 e. The number of furan rings is 1. The van der Waals surface area contributed by atoms with Crippen LogP contribution >= 0.6 is 0 Å². The summed E-state index contributed by atoms with van der Waals surface area (Å²) in [5, 5.41) is 3.37. The summed E-state index contributed by atoms with van der Waals surface area (Å²) >= 11 is 0. The summed E-state index contributed by atoms with van der Waals surface area (Å²) in [7, 11) is 0. The van der Waals surface area contributed by atoms with Gasteiger partial charge in [-0.2, -0.15) is 0 Å². The van der Waals surface area contributed by atoms with Crippen molar-refractivity contribution in [3.63, 3.8) is 0 Å². The molecule has 9 aromatic rings. The van der Waals surface area contributed by atoms with Gasteiger partial charge in [0, 0.05) is 57.9 Å². The molecule has 0 unspecified atom stereocenters. The number of rotatable bonds is 5. The highest BCUT2D eigenvalue weighted by Gasteiger charge is 2.18. The molecule has 5 aromatic heterocycles. The van der Waals surface area contributed by atoms with Crippen molar-refractivity contribution in [3.05, 3.63) is 158 Å². The van der Waals surface area contributed by atoms with E-state index in [2.05, 4.69) is 106 Å². The fourth-order valence-electron chi connectivity index (χ4n) is 6.41. The number of aromatic nitrogens is 4. The summed E-state index contributed by atoms with van der Waals surface area (Å²) in [4.78, 5) is 13.5. The number of nitrogens with zero attached hydrogens (tertiary/aromatic N) is 4. The van der Waals surface area contributed by atoms with Crippen LogP contribution in [-0.2, 0) is 0 Å². The van der Waals surface area contributed by atoms with Crippen molar-refractivity contribution in [1.82, 2.24) is 19.5 Å². The first kappa shape index (κ1) is 26.1. The molecule has 5 heteroatoms. The first-order valence-corrected chi connectivity index (χ1v) is 15.2. The molecule has 0 saturated carbocycles. The molecule has 0 aliphatic carbocycles. The molecule has 0 spiro atoms. The average Bonchev–Trinajstić information content (AvgIpc) is 3.72. The van der Waals surface area contributed by atoms with E-state index >= 15 is 0 Å². The van der Waals surface area contributed by atoms with Gasteiger partial charge in [-0.3, -0.25) is 9.97 Å². The first-order valence-electron chi connectivity index (χ1n) is 15.2. The van der Waals surface area contributed by atoms with E-state index in [0.29, 0.717) is 0 Å². The van der Waals surface area contributed by atoms with E-state index in [1.807, 2.05) is 54.9 Å². The first-order chi connectivity index (χ1) is 22.8. The predicted molar refractivity (Wildman–Crippen MR) is 186 cm³/mol. The second-order valence-electron chi connectivity index (χ2n) is 11.4. The van der Waals surface area contributed by atoms with E-state index in [4.69, 9.17) is 9.40 Å². The van der Waals surface area contributed by atoms with E-state index in [1.165, 1.54) is 0 Å². The van der Waals surface area contributed by atoms with Gasteiger partial charge < -0.3 is 8.98 Å². The number of benzene rings is 4. The topological polar surface area (TPSA) is 56.7 Å². The molecule has 0 aliphatic rings. The molecule has 0 aliphatic heterocycles. The Bertz CT molecular complexity index is 2440. The number of pyridine rings is 3. The van der Waals surface area contributed by atoms with Gasteiger partial charge in [-0.25, -0.2) is 4.98 Å². The zero-order chi connectivity index (χ0) is 30.5. The van der Waals surface area contributed by atoms with Gasteiger partial charge in [-0.05, 0) is 83.9 Å². The number of fused-ring (bicyclic) bond motifs is 5. The van der Waals surface area contributed by atoms with Gasteiger partial charge in [0.1, 0.15) is 11.3 Å². The second kappa shape index (κ2) is 10.7. The molecule has 4 aromatic carbocycles. The molecular weight excluding hydrogens is 564 g/mol. The quantitative estimate of drug-likeness (QED) is 0.200. The molecule has 0 bridgehead atoms. The molecule has 216 valence electrons. The molecule has 46 heavy (non-hydrogen) atoms. The minimum Gasteiger partial charge on any atom is -0.455 e. The lowest BCUT2D eigenvalue weighted by molar-refractivity contribution is 0.635. The lowest BCUT2D eigenvalue weighted by atomic mass is 10.0. The Kier molecular flexibility index (Phi) is 6.06. The van der Waals surface area contributed by atoms with Gasteiger partial charge in [0.15, 0.2) is 0 Å². The van der Waals surface area contributed by atoms with Crippen LogP contribution in [0.2, 0.25) is 0 Å². The highest BCUT2D eigenvalue weighted by atomic mass is 16.3. The van der Waals surface area contributed by atoms with Crippen LogP contribution in [0.1, 0.15) is 0 Å². The van der Waals surface area contributed by atoms with Gasteiger partial charge in [-0.15, -0.1) is 0 Å². The van der Waals surface area contributed by atoms with Crippen molar-refractivity contribution in [2.75, 3.05) is 0 Å². The minimum atomic E-state index is 0.872. The Morgan fingerprint density at radius 3 is 1.87 bits per heavy atom. The third-order valence-electron chi connectivity index (χ3n) is 8.61. The van der Waals surface area contributed by atoms with Gasteiger partial charge in [-0.1, -0.05) is 60.7 Å². The van der Waals surface area contributed by atoms with Crippen molar-refractivity contribution in [3.8, 4) is 50.7 Å². The maximum Gasteiger partial charge on any atom is 0.144 e. The Morgan fingerprint density at radius 2 is 1.13 bits per heavy atom. The molecule has 0 N–H and O–H groups in total. The van der Waals surface area contributed by atoms with Crippen LogP contribution in [-0.4, -0.2) is 19.5 Å². The van der Waals surface area contributed by atoms with Gasteiger partial charge in [0.05, 0.1) is 27.8 Å². The smallest absolute Gasteiger partial charge is 0.144 e. The van der Waals surface area contributed by atoms with Crippen molar-refractivity contribution >= 4 is 32.8 Å². The SMILES string of the molecule is c1ccc(-c2cc3ccc4c(c5ccccc5n4-c4ccc(-c5cc(-c6ccncc6)cc(-c6ccncc6)n5)cc4)c3o2)cc1. The Morgan fingerprint density at radius 1 is 0.478 bits per heavy atom. The van der Waals surface area contributed by atoms with E-state index in [9.17, 15) is 0 Å². The van der Waals surface area contributed by atoms with Gasteiger partial charge in [0.2, 0.25) is 0 Å². The zero-order valence-electron chi connectivity index (χ0n) is 24.7. The molecular formula is C41H26N4O. The third-order valence-corrected chi connectivity index (χ3v) is 8.61. The van der Waals surface area contributed by atoms with Crippen LogP contribution in [0, 0.1) is 0 Å². The van der Waals surface area contributed by atoms with Crippen LogP contribution in [0.15, 0.2) is 163 Å². The molecule has 0 saturated heterocycles. The maximum absolute atomic E-state index is 6.57. The number of para-hydroxylation sites is 1. The van der Waals surface area contributed by atoms with Crippen LogP contribution in [0.3, 0.4) is 0 Å². The molecule has 0 amide bonds. The summed E-state index contributed by atoms with van der Waals surface area (Å²) in [6.07, 6.45) is 7.24. The van der Waals surface area contributed by atoms with Crippen LogP contribution in [0.25, 0.3) is 83.4 Å². The van der Waals surface area contributed by atoms with E-state index in [0.717, 1.165) is 83.4 Å². The Labute approximate surface area is 265 Å². The van der Waals surface area contributed by atoms with Crippen molar-refractivity contribution in [1.29, 1.82) is 0 Å². The summed E-state index contributed by atoms with van der Waals surface area (Å²) in [6, 6.07) is 46.3. The molecule has 0 fully saturated rings. The number of hydrogen-bond donors (Lipinski definition) is 0. The molecule has 0 atom stereocenters. The molecule has 5 heterocycles. The fraction of sp³-hybridized carbons (Fsp3) is 0. The van der Waals surface area contributed by atoms with Crippen LogP contribution in [0.4, 0.5) is 0 Å². The highest BCUT2D eigenvalue weighted by molar-refractivity contribution is 6.20. The van der Waals surface area contributed by atoms with Gasteiger partial charge in [0.25, 0.3) is 0 Å². The van der Waals surface area contributed by atoms with Crippen molar-refractivity contribution < 1.29 is 4.42 Å². The third kappa shape index (κ3) is 4.37. The lowest BCUT2D eigenvalue weighted by Crippen LogP contribution is -1.95. The summed E-state index contributed by atoms with van der Waals surface area (Å²) in [5.74, 6) is 0.872. The van der Waals surface area contributed by atoms with E-state index in [-0.39, 0.29) is 0 Å². The standard InChI is InChI=1S/C41H26N4O/c1-2-6-30(7-3-1)39-26-31-12-15-38-40(41(31)46-39)34-8-4-5-9-37(34)45(38)33-13-10-28(11-14-33)35-24-32(27-16-20-42-21-17-27)25-36(44-35)29-18-22-43-23-19-29/h1-26H. The van der Waals surface area contributed by atoms with Crippen molar-refractivity contribution in [2.24, 2.45) is 0 Å². The molecule has 0 radical (unpaired) electrons. The minimum absolute atomic E-state index is 0.872. The lowest BCUT2D eigenvalue weighted by Gasteiger charge is -2.12. The predicted octanol–water partition coefficient (Wildman–Crippen LogP) is 10.4. The summed E-state index contributed by atoms with van der Waals surface area (Å²) < 4.78 is 8.89. The maximum atomic E-state index is 6.57. The second-order valence-corrected chi connectivity index (χ2v) is 11.4. The van der Waals surface area contributed by atoms with Crippen LogP contribution in [0.5, 0.6) is 0 Å². The molecule has 5 nitrogen and oxygen atoms in total. The zero-order valence-corrected chi connectivity index (χ0v) is 24.7. The Hall–Kier alpha value is -6.33. The average molecular weight is 591 g/mol. The van der Waals surface area contributed by atoms with E-state index < -0.39 is 0 Å². The molecule has 9 rings (SSSR count). The van der Waals surface area contributed by atoms with Crippen LogP contribution < -0.4 is 0 Å². The van der Waals surface area contributed by atoms with E-state index in [1.54, 1.807) is 12.4 Å². The Balaban J connectivity index is 1.18. The summed E-state index contributed by atoms with van der Waals surface area (Å²) in [5.41, 5.74) is 11.3. The highest BCUT2D eigenvalue weighted by Crippen LogP contribution is 2.40. The monoisotopic (exact) mass is 590 g/mol. The van der Waals surface area contributed by atoms with Crippen molar-refractivity contribution in [2.45, 2.75) is 0 Å². The van der Waals surface area contributed by atoms with Gasteiger partial charge >= 0.3 is 0 Å². The normalized spacial score (nSPS) is 11.5.